The summed E-state index contributed by atoms with van der Waals surface area (Å²) in [4.78, 5) is 28.1. The summed E-state index contributed by atoms with van der Waals surface area (Å²) in [7, 11) is 0. The Balaban J connectivity index is 0.00000162. The molecule has 1 N–H and O–H groups in total. The normalized spacial score (nSPS) is 15.5. The van der Waals surface area contributed by atoms with Gasteiger partial charge in [0.15, 0.2) is 0 Å². The minimum Gasteiger partial charge on any atom is -1.00 e. The van der Waals surface area contributed by atoms with Crippen molar-refractivity contribution in [2.45, 2.75) is 25.8 Å². The van der Waals surface area contributed by atoms with E-state index in [2.05, 4.69) is 10.3 Å². The number of thioether (sulfide) groups is 1. The number of carbonyl (C=O) groups is 2. The third-order valence-electron chi connectivity index (χ3n) is 5.37. The SMILES string of the molecule is Cc1oc(-c2ccccc2)nc1CCOc1ccc(CC2NC(=O)SC2=O)c2ccsc12.[H-].[Na+]. The van der Waals surface area contributed by atoms with Gasteiger partial charge in [-0.05, 0) is 47.5 Å². The third kappa shape index (κ3) is 5.20. The predicted molar refractivity (Wildman–Crippen MR) is 127 cm³/mol. The van der Waals surface area contributed by atoms with Crippen LogP contribution >= 0.6 is 23.1 Å². The van der Waals surface area contributed by atoms with Crippen molar-refractivity contribution in [2.24, 2.45) is 0 Å². The molecule has 33 heavy (non-hydrogen) atoms. The molecule has 1 saturated heterocycles. The van der Waals surface area contributed by atoms with Crippen molar-refractivity contribution in [3.8, 4) is 17.2 Å². The Morgan fingerprint density at radius 1 is 1.15 bits per heavy atom. The molecule has 5 rings (SSSR count). The largest absolute Gasteiger partial charge is 1.00 e. The van der Waals surface area contributed by atoms with Crippen LogP contribution in [0.25, 0.3) is 21.5 Å². The first-order chi connectivity index (χ1) is 15.6. The molecule has 0 aliphatic carbocycles. The van der Waals surface area contributed by atoms with Crippen molar-refractivity contribution in [1.82, 2.24) is 10.3 Å². The average Bonchev–Trinajstić information content (AvgIpc) is 3.50. The number of hydrogen-bond donors (Lipinski definition) is 1. The summed E-state index contributed by atoms with van der Waals surface area (Å²) in [6.07, 6.45) is 1.11. The monoisotopic (exact) mass is 488 g/mol. The second-order valence-electron chi connectivity index (χ2n) is 7.48. The molecule has 2 aromatic carbocycles. The van der Waals surface area contributed by atoms with Crippen LogP contribution in [-0.2, 0) is 17.6 Å². The summed E-state index contributed by atoms with van der Waals surface area (Å²) in [6.45, 7) is 2.39. The summed E-state index contributed by atoms with van der Waals surface area (Å²) in [5.41, 5.74) is 2.86. The van der Waals surface area contributed by atoms with Crippen LogP contribution in [0.2, 0.25) is 0 Å². The van der Waals surface area contributed by atoms with Crippen molar-refractivity contribution in [3.05, 3.63) is 70.9 Å². The van der Waals surface area contributed by atoms with Gasteiger partial charge >= 0.3 is 29.6 Å². The zero-order valence-electron chi connectivity index (χ0n) is 19.3. The van der Waals surface area contributed by atoms with Gasteiger partial charge in [-0.15, -0.1) is 11.3 Å². The maximum atomic E-state index is 12.0. The Kier molecular flexibility index (Phi) is 7.61. The van der Waals surface area contributed by atoms with Crippen LogP contribution in [0.4, 0.5) is 4.79 Å². The number of hydrogen-bond acceptors (Lipinski definition) is 7. The van der Waals surface area contributed by atoms with E-state index < -0.39 is 6.04 Å². The van der Waals surface area contributed by atoms with Crippen molar-refractivity contribution < 1.29 is 49.7 Å². The van der Waals surface area contributed by atoms with E-state index in [1.807, 2.05) is 60.8 Å². The molecule has 164 valence electrons. The van der Waals surface area contributed by atoms with Gasteiger partial charge in [0.2, 0.25) is 11.0 Å². The molecule has 1 fully saturated rings. The Hall–Kier alpha value is -2.10. The van der Waals surface area contributed by atoms with Crippen LogP contribution in [0.5, 0.6) is 5.75 Å². The van der Waals surface area contributed by atoms with E-state index in [1.54, 1.807) is 11.3 Å². The number of benzene rings is 2. The summed E-state index contributed by atoms with van der Waals surface area (Å²) < 4.78 is 13.0. The quantitative estimate of drug-likeness (QED) is 0.403. The number of thiophene rings is 1. The Morgan fingerprint density at radius 3 is 2.73 bits per heavy atom. The molecule has 1 aliphatic rings. The van der Waals surface area contributed by atoms with Gasteiger partial charge in [0, 0.05) is 30.2 Å². The molecule has 1 amide bonds. The number of nitrogens with one attached hydrogen (secondary N) is 1. The summed E-state index contributed by atoms with van der Waals surface area (Å²) in [5, 5.41) is 5.38. The zero-order chi connectivity index (χ0) is 22.1. The van der Waals surface area contributed by atoms with Gasteiger partial charge in [0.05, 0.1) is 17.0 Å². The minimum atomic E-state index is -0.476. The second-order valence-corrected chi connectivity index (χ2v) is 9.38. The zero-order valence-corrected chi connectivity index (χ0v) is 21.9. The molecule has 1 atom stereocenters. The maximum Gasteiger partial charge on any atom is 1.00 e. The van der Waals surface area contributed by atoms with Gasteiger partial charge in [-0.1, -0.05) is 24.3 Å². The smallest absolute Gasteiger partial charge is 1.00 e. The standard InChI is InChI=1S/C24H20N2O4S2.Na.H/c1-14-18(25-22(30-14)15-5-3-2-4-6-15)9-11-29-20-8-7-16(17-10-12-31-21(17)20)13-19-23(27)32-24(28)26-19;;/h2-8,10,12,19H,9,11,13H2,1H3,(H,26,28);;/q;+1;-1. The van der Waals surface area contributed by atoms with Crippen molar-refractivity contribution in [2.75, 3.05) is 6.61 Å². The fourth-order valence-electron chi connectivity index (χ4n) is 3.76. The fourth-order valence-corrected chi connectivity index (χ4v) is 5.33. The van der Waals surface area contributed by atoms with E-state index in [-0.39, 0.29) is 41.3 Å². The van der Waals surface area contributed by atoms with Crippen LogP contribution in [-0.4, -0.2) is 28.0 Å². The number of ether oxygens (including phenoxy) is 1. The minimum absolute atomic E-state index is 0. The average molecular weight is 489 g/mol. The first-order valence-corrected chi connectivity index (χ1v) is 11.9. The molecule has 1 aliphatic heterocycles. The summed E-state index contributed by atoms with van der Waals surface area (Å²) >= 11 is 2.35. The van der Waals surface area contributed by atoms with E-state index in [0.717, 1.165) is 50.2 Å². The maximum absolute atomic E-state index is 12.0. The molecule has 0 bridgehead atoms. The van der Waals surface area contributed by atoms with E-state index in [9.17, 15) is 9.59 Å². The molecule has 0 radical (unpaired) electrons. The molecule has 2 aromatic heterocycles. The molecule has 0 spiro atoms. The molecule has 4 aromatic rings. The van der Waals surface area contributed by atoms with Gasteiger partial charge in [0.25, 0.3) is 5.24 Å². The van der Waals surface area contributed by atoms with E-state index >= 15 is 0 Å². The van der Waals surface area contributed by atoms with Gasteiger partial charge < -0.3 is 15.9 Å². The molecule has 0 saturated carbocycles. The summed E-state index contributed by atoms with van der Waals surface area (Å²) in [6, 6.07) is 15.3. The predicted octanol–water partition coefficient (Wildman–Crippen LogP) is 2.50. The third-order valence-corrected chi connectivity index (χ3v) is 7.09. The van der Waals surface area contributed by atoms with Crippen molar-refractivity contribution in [1.29, 1.82) is 0 Å². The van der Waals surface area contributed by atoms with Gasteiger partial charge in [-0.2, -0.15) is 0 Å². The van der Waals surface area contributed by atoms with Crippen LogP contribution in [0.15, 0.2) is 58.3 Å². The topological polar surface area (TPSA) is 81.4 Å². The van der Waals surface area contributed by atoms with E-state index in [4.69, 9.17) is 9.15 Å². The number of fused-ring (bicyclic) bond motifs is 1. The van der Waals surface area contributed by atoms with Crippen LogP contribution in [0.3, 0.4) is 0 Å². The Labute approximate surface area is 222 Å². The van der Waals surface area contributed by atoms with Gasteiger partial charge in [0.1, 0.15) is 17.6 Å². The number of rotatable bonds is 7. The fraction of sp³-hybridized carbons (Fsp3) is 0.208. The van der Waals surface area contributed by atoms with Gasteiger partial charge in [-0.25, -0.2) is 4.98 Å². The number of oxazole rings is 1. The second kappa shape index (κ2) is 10.4. The van der Waals surface area contributed by atoms with Crippen LogP contribution < -0.4 is 39.6 Å². The van der Waals surface area contributed by atoms with Crippen LogP contribution in [0, 0.1) is 6.92 Å². The van der Waals surface area contributed by atoms with Crippen molar-refractivity contribution >= 4 is 43.5 Å². The first kappa shape index (κ1) is 24.0. The Morgan fingerprint density at radius 2 is 1.97 bits per heavy atom. The summed E-state index contributed by atoms with van der Waals surface area (Å²) in [5.74, 6) is 2.22. The number of aromatic nitrogens is 1. The van der Waals surface area contributed by atoms with E-state index in [0.29, 0.717) is 25.3 Å². The number of carbonyl (C=O) groups excluding carboxylic acids is 2. The molecular formula is C24H21N2NaO4S2. The van der Waals surface area contributed by atoms with E-state index in [1.165, 1.54) is 0 Å². The molecule has 1 unspecified atom stereocenters. The Bertz CT molecular complexity index is 1310. The number of amides is 1. The molecule has 3 heterocycles. The number of nitrogens with zero attached hydrogens (tertiary/aromatic N) is 1. The molecule has 9 heteroatoms. The molecular weight excluding hydrogens is 467 g/mol. The van der Waals surface area contributed by atoms with Gasteiger partial charge in [-0.3, -0.25) is 9.59 Å². The number of aryl methyl sites for hydroxylation is 1. The van der Waals surface area contributed by atoms with Crippen molar-refractivity contribution in [3.63, 3.8) is 0 Å². The first-order valence-electron chi connectivity index (χ1n) is 10.2. The molecule has 6 nitrogen and oxygen atoms in total. The van der Waals surface area contributed by atoms with Crippen LogP contribution in [0.1, 0.15) is 18.4 Å².